The highest BCUT2D eigenvalue weighted by molar-refractivity contribution is 7.09. The summed E-state index contributed by atoms with van der Waals surface area (Å²) in [5, 5.41) is 6.60. The normalized spacial score (nSPS) is 16.0. The van der Waals surface area contributed by atoms with E-state index < -0.39 is 24.2 Å². The molecule has 1 N–H and O–H groups in total. The molecule has 1 fully saturated rings. The monoisotopic (exact) mass is 542 g/mol. The second-order valence-electron chi connectivity index (χ2n) is 8.57. The lowest BCUT2D eigenvalue weighted by molar-refractivity contribution is -0.0118. The van der Waals surface area contributed by atoms with Gasteiger partial charge in [0, 0.05) is 25.2 Å². The lowest BCUT2D eigenvalue weighted by atomic mass is 10.0. The van der Waals surface area contributed by atoms with Crippen molar-refractivity contribution in [3.63, 3.8) is 0 Å². The summed E-state index contributed by atoms with van der Waals surface area (Å²) in [7, 11) is 0. The number of likely N-dealkylation sites (tertiary alicyclic amines) is 1. The summed E-state index contributed by atoms with van der Waals surface area (Å²) in [6, 6.07) is 3.41. The number of hydrogen-bond donors (Lipinski definition) is 1. The van der Waals surface area contributed by atoms with Gasteiger partial charge in [-0.3, -0.25) is 9.69 Å². The number of amides is 1. The Morgan fingerprint density at radius 3 is 2.72 bits per heavy atom. The third-order valence-corrected chi connectivity index (χ3v) is 7.60. The van der Waals surface area contributed by atoms with Gasteiger partial charge in [0.25, 0.3) is 12.3 Å². The van der Waals surface area contributed by atoms with Crippen LogP contribution in [0.5, 0.6) is 0 Å². The fourth-order valence-electron chi connectivity index (χ4n) is 4.32. The van der Waals surface area contributed by atoms with E-state index in [0.29, 0.717) is 37.4 Å². The minimum Gasteiger partial charge on any atom is -0.373 e. The number of carbonyl (C=O) groups excluding carboxylic acids is 1. The number of thiazole rings is 1. The standard InChI is InChI=1S/C24H26ClF3N4O3S/c1-13-16(14(2)35-31-13)11-34-15-6-8-32(9-7-15)19(22-21(23(27)28)30-12-36-22)10-29-24(33)20-17(25)4-3-5-18(20)26/h3-5,12,15,19,23H,6-11H2,1-2H3,(H,29,33). The number of aryl methyl sites for hydroxylation is 2. The highest BCUT2D eigenvalue weighted by Gasteiger charge is 2.32. The van der Waals surface area contributed by atoms with Crippen LogP contribution in [0.25, 0.3) is 0 Å². The predicted molar refractivity (Wildman–Crippen MR) is 129 cm³/mol. The average molecular weight is 543 g/mol. The topological polar surface area (TPSA) is 80.5 Å². The van der Waals surface area contributed by atoms with Crippen molar-refractivity contribution >= 4 is 28.8 Å². The number of alkyl halides is 2. The second-order valence-corrected chi connectivity index (χ2v) is 9.87. The van der Waals surface area contributed by atoms with Crippen molar-refractivity contribution in [1.82, 2.24) is 20.4 Å². The fourth-order valence-corrected chi connectivity index (χ4v) is 5.50. The van der Waals surface area contributed by atoms with Gasteiger partial charge in [0.05, 0.1) is 45.4 Å². The van der Waals surface area contributed by atoms with Crippen LogP contribution in [0.1, 0.15) is 63.3 Å². The Bertz CT molecular complexity index is 1160. The van der Waals surface area contributed by atoms with Crippen LogP contribution in [0.15, 0.2) is 28.2 Å². The Balaban J connectivity index is 1.44. The van der Waals surface area contributed by atoms with Gasteiger partial charge in [-0.05, 0) is 38.8 Å². The Kier molecular flexibility index (Phi) is 8.66. The summed E-state index contributed by atoms with van der Waals surface area (Å²) >= 11 is 7.13. The van der Waals surface area contributed by atoms with Gasteiger partial charge in [0.2, 0.25) is 0 Å². The van der Waals surface area contributed by atoms with Crippen molar-refractivity contribution in [2.75, 3.05) is 19.6 Å². The number of nitrogens with one attached hydrogen (secondary N) is 1. The first kappa shape index (κ1) is 26.6. The molecular weight excluding hydrogens is 517 g/mol. The van der Waals surface area contributed by atoms with Gasteiger partial charge in [0.15, 0.2) is 0 Å². The first-order valence-electron chi connectivity index (χ1n) is 11.5. The molecule has 2 aromatic heterocycles. The zero-order valence-corrected chi connectivity index (χ0v) is 21.3. The Morgan fingerprint density at radius 1 is 1.33 bits per heavy atom. The zero-order valence-electron chi connectivity index (χ0n) is 19.8. The average Bonchev–Trinajstić information content (AvgIpc) is 3.45. The summed E-state index contributed by atoms with van der Waals surface area (Å²) in [5.41, 5.74) is 2.51. The van der Waals surface area contributed by atoms with Crippen molar-refractivity contribution < 1.29 is 27.2 Å². The van der Waals surface area contributed by atoms with Crippen LogP contribution >= 0.6 is 22.9 Å². The molecule has 1 atom stereocenters. The van der Waals surface area contributed by atoms with Gasteiger partial charge in [-0.25, -0.2) is 18.2 Å². The summed E-state index contributed by atoms with van der Waals surface area (Å²) in [4.78, 5) is 19.0. The Hall–Kier alpha value is -2.47. The van der Waals surface area contributed by atoms with Gasteiger partial charge in [-0.1, -0.05) is 22.8 Å². The van der Waals surface area contributed by atoms with Crippen molar-refractivity contribution in [2.24, 2.45) is 0 Å². The first-order chi connectivity index (χ1) is 17.3. The Labute approximate surface area is 215 Å². The molecule has 0 radical (unpaired) electrons. The molecule has 194 valence electrons. The number of rotatable bonds is 9. The van der Waals surface area contributed by atoms with Gasteiger partial charge >= 0.3 is 0 Å². The van der Waals surface area contributed by atoms with Crippen LogP contribution in [-0.2, 0) is 11.3 Å². The molecule has 0 spiro atoms. The molecule has 1 saturated heterocycles. The molecule has 1 aromatic carbocycles. The summed E-state index contributed by atoms with van der Waals surface area (Å²) in [6.07, 6.45) is -1.41. The van der Waals surface area contributed by atoms with Crippen LogP contribution in [0.3, 0.4) is 0 Å². The van der Waals surface area contributed by atoms with Crippen LogP contribution < -0.4 is 5.32 Å². The van der Waals surface area contributed by atoms with Gasteiger partial charge < -0.3 is 14.6 Å². The number of piperidine rings is 1. The molecule has 3 aromatic rings. The molecule has 7 nitrogen and oxygen atoms in total. The van der Waals surface area contributed by atoms with E-state index in [2.05, 4.69) is 15.5 Å². The number of nitrogens with zero attached hydrogens (tertiary/aromatic N) is 3. The lowest BCUT2D eigenvalue weighted by Gasteiger charge is -2.37. The van der Waals surface area contributed by atoms with Crippen LogP contribution in [0.2, 0.25) is 5.02 Å². The van der Waals surface area contributed by atoms with Crippen molar-refractivity contribution in [2.45, 2.75) is 51.9 Å². The first-order valence-corrected chi connectivity index (χ1v) is 12.7. The number of hydrogen-bond acceptors (Lipinski definition) is 7. The quantitative estimate of drug-likeness (QED) is 0.377. The lowest BCUT2D eigenvalue weighted by Crippen LogP contribution is -2.44. The summed E-state index contributed by atoms with van der Waals surface area (Å²) < 4.78 is 52.8. The van der Waals surface area contributed by atoms with E-state index in [1.807, 2.05) is 18.7 Å². The summed E-state index contributed by atoms with van der Waals surface area (Å²) in [6.45, 7) is 5.21. The van der Waals surface area contributed by atoms with E-state index in [9.17, 15) is 18.0 Å². The number of aromatic nitrogens is 2. The van der Waals surface area contributed by atoms with Crippen molar-refractivity contribution in [1.29, 1.82) is 0 Å². The third-order valence-electron chi connectivity index (χ3n) is 6.34. The number of halogens is 4. The molecular formula is C24H26ClF3N4O3S. The van der Waals surface area contributed by atoms with Crippen LogP contribution in [-0.4, -0.2) is 46.7 Å². The molecule has 0 aliphatic carbocycles. The zero-order chi connectivity index (χ0) is 25.8. The smallest absolute Gasteiger partial charge is 0.281 e. The minimum atomic E-state index is -2.75. The molecule has 0 bridgehead atoms. The second kappa shape index (κ2) is 11.7. The number of benzene rings is 1. The molecule has 4 rings (SSSR count). The molecule has 1 amide bonds. The number of ether oxygens (including phenoxy) is 1. The fraction of sp³-hybridized carbons (Fsp3) is 0.458. The van der Waals surface area contributed by atoms with Gasteiger partial charge in [-0.2, -0.15) is 0 Å². The van der Waals surface area contributed by atoms with E-state index in [1.54, 1.807) is 0 Å². The van der Waals surface area contributed by atoms with Crippen LogP contribution in [0, 0.1) is 19.7 Å². The van der Waals surface area contributed by atoms with E-state index >= 15 is 0 Å². The van der Waals surface area contributed by atoms with Crippen molar-refractivity contribution in [3.8, 4) is 0 Å². The molecule has 3 heterocycles. The maximum atomic E-state index is 14.2. The van der Waals surface area contributed by atoms with Crippen molar-refractivity contribution in [3.05, 3.63) is 67.7 Å². The SMILES string of the molecule is Cc1noc(C)c1COC1CCN(C(CNC(=O)c2c(F)cccc2Cl)c2scnc2C(F)F)CC1. The highest BCUT2D eigenvalue weighted by Crippen LogP contribution is 2.35. The van der Waals surface area contributed by atoms with E-state index in [4.69, 9.17) is 20.9 Å². The molecule has 1 unspecified atom stereocenters. The molecule has 12 heteroatoms. The maximum absolute atomic E-state index is 14.2. The van der Waals surface area contributed by atoms with E-state index in [-0.39, 0.29) is 28.9 Å². The van der Waals surface area contributed by atoms with E-state index in [0.717, 1.165) is 34.4 Å². The maximum Gasteiger partial charge on any atom is 0.281 e. The predicted octanol–water partition coefficient (Wildman–Crippen LogP) is 5.63. The van der Waals surface area contributed by atoms with E-state index in [1.165, 1.54) is 17.6 Å². The largest absolute Gasteiger partial charge is 0.373 e. The third kappa shape index (κ3) is 5.91. The Morgan fingerprint density at radius 2 is 2.08 bits per heavy atom. The molecule has 1 aliphatic heterocycles. The van der Waals surface area contributed by atoms with Gasteiger partial charge in [-0.15, -0.1) is 11.3 Å². The van der Waals surface area contributed by atoms with Gasteiger partial charge in [0.1, 0.15) is 17.3 Å². The minimum absolute atomic E-state index is 0.00396. The molecule has 0 saturated carbocycles. The molecule has 36 heavy (non-hydrogen) atoms. The molecule has 1 aliphatic rings. The number of carbonyl (C=O) groups is 1. The summed E-state index contributed by atoms with van der Waals surface area (Å²) in [5.74, 6) is -0.733. The highest BCUT2D eigenvalue weighted by atomic mass is 35.5. The van der Waals surface area contributed by atoms with Crippen LogP contribution in [0.4, 0.5) is 13.2 Å².